The number of rotatable bonds is 6. The minimum atomic E-state index is -4.64. The lowest BCUT2D eigenvalue weighted by molar-refractivity contribution is -0.139. The van der Waals surface area contributed by atoms with Gasteiger partial charge in [-0.1, -0.05) is 24.3 Å². The van der Waals surface area contributed by atoms with Gasteiger partial charge in [-0.2, -0.15) is 18.3 Å². The molecule has 10 heteroatoms. The molecule has 3 aromatic rings. The van der Waals surface area contributed by atoms with Crippen molar-refractivity contribution in [2.24, 2.45) is 11.0 Å². The highest BCUT2D eigenvalue weighted by atomic mass is 19.4. The number of benzene rings is 2. The lowest BCUT2D eigenvalue weighted by Crippen LogP contribution is -2.36. The molecule has 0 saturated heterocycles. The number of halogens is 3. The van der Waals surface area contributed by atoms with Crippen LogP contribution in [0.25, 0.3) is 6.08 Å². The van der Waals surface area contributed by atoms with Gasteiger partial charge in [0, 0.05) is 18.2 Å². The third-order valence-corrected chi connectivity index (χ3v) is 7.29. The molecule has 2 atom stereocenters. The van der Waals surface area contributed by atoms with Gasteiger partial charge in [0.1, 0.15) is 18.0 Å². The van der Waals surface area contributed by atoms with Crippen LogP contribution in [0.4, 0.5) is 13.2 Å². The number of aromatic nitrogens is 1. The summed E-state index contributed by atoms with van der Waals surface area (Å²) < 4.78 is 51.2. The van der Waals surface area contributed by atoms with Gasteiger partial charge in [0.15, 0.2) is 0 Å². The highest BCUT2D eigenvalue weighted by molar-refractivity contribution is 6.08. The monoisotopic (exact) mass is 551 g/mol. The zero-order valence-electron chi connectivity index (χ0n) is 22.0. The SMILES string of the molecule is COc1ccc(/C=C2\CCCC3C2=NN(C(=O)Cn2cc(C(F)(F)F)ccc2=O)C3c2ccc(OC)cc2)cc1. The Hall–Kier alpha value is -4.34. The lowest BCUT2D eigenvalue weighted by atomic mass is 9.77. The van der Waals surface area contributed by atoms with Gasteiger partial charge >= 0.3 is 6.18 Å². The summed E-state index contributed by atoms with van der Waals surface area (Å²) in [6.45, 7) is -0.573. The number of carbonyl (C=O) groups excluding carboxylic acids is 1. The number of allylic oxidation sites excluding steroid dienone is 1. The molecule has 1 aromatic heterocycles. The van der Waals surface area contributed by atoms with Crippen LogP contribution in [0.2, 0.25) is 0 Å². The molecule has 2 unspecified atom stereocenters. The van der Waals surface area contributed by atoms with Crippen molar-refractivity contribution in [1.29, 1.82) is 0 Å². The molecule has 0 N–H and O–H groups in total. The normalized spacial score (nSPS) is 19.8. The number of methoxy groups -OCH3 is 2. The van der Waals surface area contributed by atoms with Crippen molar-refractivity contribution in [3.05, 3.63) is 99.5 Å². The van der Waals surface area contributed by atoms with Crippen molar-refractivity contribution >= 4 is 17.7 Å². The van der Waals surface area contributed by atoms with E-state index in [0.29, 0.717) is 18.0 Å². The van der Waals surface area contributed by atoms with Gasteiger partial charge in [-0.25, -0.2) is 5.01 Å². The van der Waals surface area contributed by atoms with E-state index < -0.39 is 35.8 Å². The summed E-state index contributed by atoms with van der Waals surface area (Å²) in [6, 6.07) is 16.0. The Morgan fingerprint density at radius 1 is 1.00 bits per heavy atom. The van der Waals surface area contributed by atoms with Crippen LogP contribution >= 0.6 is 0 Å². The van der Waals surface area contributed by atoms with Gasteiger partial charge in [-0.15, -0.1) is 0 Å². The first-order chi connectivity index (χ1) is 19.2. The fraction of sp³-hybridized carbons (Fsp3) is 0.300. The fourth-order valence-corrected chi connectivity index (χ4v) is 5.28. The summed E-state index contributed by atoms with van der Waals surface area (Å²) in [6.07, 6.45) is 0.505. The van der Waals surface area contributed by atoms with Gasteiger partial charge in [-0.3, -0.25) is 9.59 Å². The third kappa shape index (κ3) is 5.52. The van der Waals surface area contributed by atoms with Crippen LogP contribution in [-0.2, 0) is 17.5 Å². The number of alkyl halides is 3. The first kappa shape index (κ1) is 27.2. The zero-order chi connectivity index (χ0) is 28.4. The largest absolute Gasteiger partial charge is 0.497 e. The molecule has 40 heavy (non-hydrogen) atoms. The summed E-state index contributed by atoms with van der Waals surface area (Å²) in [5.41, 5.74) is 1.84. The molecule has 0 spiro atoms. The second-order valence-corrected chi connectivity index (χ2v) is 9.76. The van der Waals surface area contributed by atoms with E-state index in [2.05, 4.69) is 0 Å². The molecule has 1 aliphatic heterocycles. The Balaban J connectivity index is 1.52. The van der Waals surface area contributed by atoms with Gasteiger partial charge < -0.3 is 14.0 Å². The molecule has 1 amide bonds. The summed E-state index contributed by atoms with van der Waals surface area (Å²) in [7, 11) is 3.16. The number of hydrogen-bond donors (Lipinski definition) is 0. The Labute approximate surface area is 229 Å². The number of amides is 1. The fourth-order valence-electron chi connectivity index (χ4n) is 5.28. The molecule has 0 radical (unpaired) electrons. The number of fused-ring (bicyclic) bond motifs is 1. The Morgan fingerprint density at radius 2 is 1.65 bits per heavy atom. The van der Waals surface area contributed by atoms with Crippen LogP contribution in [0.15, 0.2) is 82.3 Å². The first-order valence-corrected chi connectivity index (χ1v) is 12.8. The van der Waals surface area contributed by atoms with E-state index in [9.17, 15) is 22.8 Å². The van der Waals surface area contributed by atoms with E-state index in [1.165, 1.54) is 5.01 Å². The quantitative estimate of drug-likeness (QED) is 0.394. The van der Waals surface area contributed by atoms with E-state index in [1.54, 1.807) is 26.4 Å². The van der Waals surface area contributed by atoms with Crippen molar-refractivity contribution in [3.8, 4) is 11.5 Å². The van der Waals surface area contributed by atoms with Crippen molar-refractivity contribution in [2.75, 3.05) is 14.2 Å². The van der Waals surface area contributed by atoms with Crippen LogP contribution < -0.4 is 15.0 Å². The van der Waals surface area contributed by atoms with Gasteiger partial charge in [0.2, 0.25) is 0 Å². The third-order valence-electron chi connectivity index (χ3n) is 7.29. The second-order valence-electron chi connectivity index (χ2n) is 9.76. The summed E-state index contributed by atoms with van der Waals surface area (Å²) in [5, 5.41) is 6.09. The molecular formula is C30H28F3N3O4. The van der Waals surface area contributed by atoms with E-state index in [4.69, 9.17) is 14.6 Å². The predicted octanol–water partition coefficient (Wildman–Crippen LogP) is 5.71. The van der Waals surface area contributed by atoms with Crippen LogP contribution in [0.3, 0.4) is 0 Å². The highest BCUT2D eigenvalue weighted by Gasteiger charge is 2.44. The summed E-state index contributed by atoms with van der Waals surface area (Å²) in [4.78, 5) is 26.0. The number of ether oxygens (including phenoxy) is 2. The number of hydrogen-bond acceptors (Lipinski definition) is 5. The molecule has 1 aliphatic carbocycles. The lowest BCUT2D eigenvalue weighted by Gasteiger charge is -2.30. The van der Waals surface area contributed by atoms with Gasteiger partial charge in [-0.05, 0) is 72.4 Å². The predicted molar refractivity (Wildman–Crippen MR) is 144 cm³/mol. The van der Waals surface area contributed by atoms with Crippen molar-refractivity contribution < 1.29 is 27.4 Å². The maximum absolute atomic E-state index is 13.6. The van der Waals surface area contributed by atoms with E-state index in [-0.39, 0.29) is 5.92 Å². The molecule has 2 heterocycles. The number of pyridine rings is 1. The van der Waals surface area contributed by atoms with E-state index in [0.717, 1.165) is 58.1 Å². The molecule has 2 aliphatic rings. The first-order valence-electron chi connectivity index (χ1n) is 12.8. The molecule has 0 bridgehead atoms. The average Bonchev–Trinajstić information content (AvgIpc) is 3.35. The van der Waals surface area contributed by atoms with Crippen LogP contribution in [-0.4, -0.2) is 35.4 Å². The maximum atomic E-state index is 13.6. The van der Waals surface area contributed by atoms with E-state index in [1.807, 2.05) is 42.5 Å². The van der Waals surface area contributed by atoms with Crippen LogP contribution in [0.5, 0.6) is 11.5 Å². The standard InChI is InChI=1S/C30H28F3N3O4/c1-39-23-11-6-19(7-12-23)16-21-4-3-5-25-28(21)34-36(29(25)20-8-13-24(40-2)14-9-20)27(38)18-35-17-22(30(31,32)33)10-15-26(35)37/h6-17,25,29H,3-5,18H2,1-2H3/b21-16+. The Bertz CT molecular complexity index is 1510. The topological polar surface area (TPSA) is 73.1 Å². The number of nitrogens with zero attached hydrogens (tertiary/aromatic N) is 3. The Morgan fingerprint density at radius 3 is 2.27 bits per heavy atom. The van der Waals surface area contributed by atoms with Crippen molar-refractivity contribution in [1.82, 2.24) is 9.58 Å². The molecule has 1 saturated carbocycles. The molecule has 208 valence electrons. The Kier molecular flexibility index (Phi) is 7.51. The molecule has 1 fully saturated rings. The van der Waals surface area contributed by atoms with Crippen molar-refractivity contribution in [2.45, 2.75) is 38.0 Å². The van der Waals surface area contributed by atoms with Crippen molar-refractivity contribution in [3.63, 3.8) is 0 Å². The summed E-state index contributed by atoms with van der Waals surface area (Å²) >= 11 is 0. The van der Waals surface area contributed by atoms with Crippen LogP contribution in [0, 0.1) is 5.92 Å². The smallest absolute Gasteiger partial charge is 0.417 e. The molecule has 7 nitrogen and oxygen atoms in total. The number of hydrazone groups is 1. The molecule has 2 aromatic carbocycles. The zero-order valence-corrected chi connectivity index (χ0v) is 22.0. The minimum absolute atomic E-state index is 0.117. The van der Waals surface area contributed by atoms with E-state index >= 15 is 0 Å². The highest BCUT2D eigenvalue weighted by Crippen LogP contribution is 2.44. The minimum Gasteiger partial charge on any atom is -0.497 e. The second kappa shape index (κ2) is 11.0. The average molecular weight is 552 g/mol. The molecule has 5 rings (SSSR count). The van der Waals surface area contributed by atoms with Gasteiger partial charge in [0.25, 0.3) is 11.5 Å². The van der Waals surface area contributed by atoms with Crippen LogP contribution in [0.1, 0.15) is 42.0 Å². The maximum Gasteiger partial charge on any atom is 0.417 e. The van der Waals surface area contributed by atoms with Gasteiger partial charge in [0.05, 0.1) is 31.5 Å². The summed E-state index contributed by atoms with van der Waals surface area (Å²) in [5.74, 6) is 0.699. The number of carbonyl (C=O) groups is 1. The molecular weight excluding hydrogens is 523 g/mol.